The lowest BCUT2D eigenvalue weighted by Crippen LogP contribution is -2.51. The van der Waals surface area contributed by atoms with Gasteiger partial charge in [-0.3, -0.25) is 9.69 Å². The summed E-state index contributed by atoms with van der Waals surface area (Å²) in [6.45, 7) is 0. The Kier molecular flexibility index (Phi) is 3.50. The number of thioether (sulfide) groups is 1. The Morgan fingerprint density at radius 3 is 2.92 bits per heavy atom. The van der Waals surface area contributed by atoms with Gasteiger partial charge in [0.2, 0.25) is 0 Å². The molecular formula is C17H13N3O3S. The number of H-pyrrole nitrogens is 1. The monoisotopic (exact) mass is 339 g/mol. The van der Waals surface area contributed by atoms with E-state index in [-0.39, 0.29) is 17.0 Å². The normalized spacial score (nSPS) is 20.8. The third-order valence-corrected chi connectivity index (χ3v) is 5.01. The molecule has 0 radical (unpaired) electrons. The van der Waals surface area contributed by atoms with Crippen molar-refractivity contribution < 1.29 is 14.7 Å². The molecule has 1 amide bonds. The predicted molar refractivity (Wildman–Crippen MR) is 89.8 cm³/mol. The van der Waals surface area contributed by atoms with Crippen molar-refractivity contribution >= 4 is 29.7 Å². The molecule has 2 aromatic rings. The number of nitrogens with one attached hydrogen (secondary N) is 1. The van der Waals surface area contributed by atoms with E-state index in [1.54, 1.807) is 12.3 Å². The van der Waals surface area contributed by atoms with E-state index in [1.165, 1.54) is 22.1 Å². The maximum atomic E-state index is 12.2. The first-order valence-corrected chi connectivity index (χ1v) is 8.29. The van der Waals surface area contributed by atoms with Crippen molar-refractivity contribution in [3.8, 4) is 0 Å². The van der Waals surface area contributed by atoms with Crippen LogP contribution >= 0.6 is 11.8 Å². The molecule has 0 saturated carbocycles. The first kappa shape index (κ1) is 14.8. The summed E-state index contributed by atoms with van der Waals surface area (Å²) in [5, 5.41) is 10.3. The number of aliphatic carboxylic acids is 1. The second-order valence-corrected chi connectivity index (χ2v) is 6.47. The Morgan fingerprint density at radius 2 is 2.17 bits per heavy atom. The second kappa shape index (κ2) is 5.68. The minimum atomic E-state index is -1.08. The summed E-state index contributed by atoms with van der Waals surface area (Å²) in [4.78, 5) is 32.1. The standard InChI is InChI=1S/C17H13N3O3S/c21-15-12(16-20(15)13(9-24-16)17(22)23)7-11-8-18-14(19-11)6-10-4-2-1-3-5-10/h1-5,7-9,16H,6H2,(H,18,19)(H,22,23)/b12-7-/t16-/m1/s1. The topological polar surface area (TPSA) is 86.3 Å². The third kappa shape index (κ3) is 2.43. The molecule has 6 nitrogen and oxygen atoms in total. The zero-order chi connectivity index (χ0) is 16.7. The number of aromatic amines is 1. The molecule has 0 aliphatic carbocycles. The summed E-state index contributed by atoms with van der Waals surface area (Å²) in [5.41, 5.74) is 2.52. The molecule has 2 aliphatic heterocycles. The molecule has 0 bridgehead atoms. The van der Waals surface area contributed by atoms with E-state index in [9.17, 15) is 9.59 Å². The van der Waals surface area contributed by atoms with E-state index >= 15 is 0 Å². The number of hydrogen-bond acceptors (Lipinski definition) is 4. The van der Waals surface area contributed by atoms with Gasteiger partial charge in [-0.15, -0.1) is 11.8 Å². The van der Waals surface area contributed by atoms with Gasteiger partial charge < -0.3 is 10.1 Å². The summed E-state index contributed by atoms with van der Waals surface area (Å²) in [6, 6.07) is 9.99. The Morgan fingerprint density at radius 1 is 1.38 bits per heavy atom. The largest absolute Gasteiger partial charge is 0.477 e. The van der Waals surface area contributed by atoms with Crippen molar-refractivity contribution in [1.29, 1.82) is 0 Å². The molecule has 120 valence electrons. The van der Waals surface area contributed by atoms with Crippen LogP contribution in [-0.4, -0.2) is 37.2 Å². The maximum Gasteiger partial charge on any atom is 0.353 e. The zero-order valence-electron chi connectivity index (χ0n) is 12.5. The van der Waals surface area contributed by atoms with Crippen LogP contribution in [-0.2, 0) is 16.0 Å². The fraction of sp³-hybridized carbons (Fsp3) is 0.118. The second-order valence-electron chi connectivity index (χ2n) is 5.52. The molecule has 2 aliphatic rings. The Labute approximate surface area is 141 Å². The summed E-state index contributed by atoms with van der Waals surface area (Å²) in [7, 11) is 0. The van der Waals surface area contributed by atoms with Crippen LogP contribution in [0.1, 0.15) is 17.1 Å². The highest BCUT2D eigenvalue weighted by molar-refractivity contribution is 8.03. The third-order valence-electron chi connectivity index (χ3n) is 3.93. The van der Waals surface area contributed by atoms with Crippen molar-refractivity contribution in [2.45, 2.75) is 11.8 Å². The van der Waals surface area contributed by atoms with Crippen LogP contribution in [0.2, 0.25) is 0 Å². The lowest BCUT2D eigenvalue weighted by atomic mass is 10.0. The van der Waals surface area contributed by atoms with Crippen molar-refractivity contribution in [3.63, 3.8) is 0 Å². The molecule has 3 heterocycles. The maximum absolute atomic E-state index is 12.2. The Hall–Kier alpha value is -2.80. The highest BCUT2D eigenvalue weighted by atomic mass is 32.2. The highest BCUT2D eigenvalue weighted by Crippen LogP contribution is 2.44. The number of benzene rings is 1. The molecule has 24 heavy (non-hydrogen) atoms. The number of amides is 1. The number of imidazole rings is 1. The number of fused-ring (bicyclic) bond motifs is 1. The SMILES string of the molecule is O=C(O)C1=CS[C@@H]2/C(=C\c3cnc(Cc4ccccc4)[nH]3)C(=O)N12. The van der Waals surface area contributed by atoms with Crippen molar-refractivity contribution in [3.05, 3.63) is 70.3 Å². The predicted octanol–water partition coefficient (Wildman–Crippen LogP) is 2.22. The number of carboxylic acid groups (broad SMARTS) is 1. The van der Waals surface area contributed by atoms with Crippen molar-refractivity contribution in [1.82, 2.24) is 14.9 Å². The summed E-state index contributed by atoms with van der Waals surface area (Å²) in [6.07, 6.45) is 4.12. The number of carboxylic acids is 1. The number of nitrogens with zero attached hydrogens (tertiary/aromatic N) is 2. The van der Waals surface area contributed by atoms with Gasteiger partial charge in [-0.05, 0) is 11.6 Å². The first-order chi connectivity index (χ1) is 11.6. The number of carbonyl (C=O) groups excluding carboxylic acids is 1. The van der Waals surface area contributed by atoms with Gasteiger partial charge in [0.25, 0.3) is 5.91 Å². The lowest BCUT2D eigenvalue weighted by molar-refractivity contribution is -0.141. The number of rotatable bonds is 4. The number of hydrogen-bond donors (Lipinski definition) is 2. The molecule has 1 aromatic carbocycles. The molecule has 0 spiro atoms. The molecular weight excluding hydrogens is 326 g/mol. The molecule has 2 N–H and O–H groups in total. The smallest absolute Gasteiger partial charge is 0.353 e. The summed E-state index contributed by atoms with van der Waals surface area (Å²) < 4.78 is 0. The van der Waals surface area contributed by atoms with Crippen LogP contribution in [0.25, 0.3) is 6.08 Å². The number of β-lactam (4-membered cyclic amide) rings is 1. The zero-order valence-corrected chi connectivity index (χ0v) is 13.3. The van der Waals surface area contributed by atoms with Crippen molar-refractivity contribution in [2.24, 2.45) is 0 Å². The average molecular weight is 339 g/mol. The fourth-order valence-electron chi connectivity index (χ4n) is 2.76. The molecule has 0 unspecified atom stereocenters. The van der Waals surface area contributed by atoms with Crippen LogP contribution in [0.4, 0.5) is 0 Å². The van der Waals surface area contributed by atoms with E-state index < -0.39 is 5.97 Å². The average Bonchev–Trinajstić information content (AvgIpc) is 3.18. The van der Waals surface area contributed by atoms with Crippen LogP contribution in [0.15, 0.2) is 53.2 Å². The molecule has 4 rings (SSSR count). The molecule has 1 aromatic heterocycles. The molecule has 1 atom stereocenters. The van der Waals surface area contributed by atoms with Crippen molar-refractivity contribution in [2.75, 3.05) is 0 Å². The number of carbonyl (C=O) groups is 2. The summed E-state index contributed by atoms with van der Waals surface area (Å²) >= 11 is 1.33. The quantitative estimate of drug-likeness (QED) is 0.659. The molecule has 1 saturated heterocycles. The van der Waals surface area contributed by atoms with Gasteiger partial charge >= 0.3 is 5.97 Å². The Bertz CT molecular complexity index is 885. The van der Waals surface area contributed by atoms with E-state index in [0.717, 1.165) is 17.1 Å². The van der Waals surface area contributed by atoms with Gasteiger partial charge in [0, 0.05) is 11.8 Å². The molecule has 7 heteroatoms. The van der Waals surface area contributed by atoms with Gasteiger partial charge in [-0.2, -0.15) is 0 Å². The van der Waals surface area contributed by atoms with E-state index in [0.29, 0.717) is 12.0 Å². The van der Waals surface area contributed by atoms with Crippen LogP contribution in [0.3, 0.4) is 0 Å². The van der Waals surface area contributed by atoms with E-state index in [4.69, 9.17) is 5.11 Å². The first-order valence-electron chi connectivity index (χ1n) is 7.35. The highest BCUT2D eigenvalue weighted by Gasteiger charge is 2.49. The Balaban J connectivity index is 1.50. The minimum absolute atomic E-state index is 0.0431. The lowest BCUT2D eigenvalue weighted by Gasteiger charge is -2.37. The van der Waals surface area contributed by atoms with Gasteiger partial charge in [0.05, 0.1) is 17.5 Å². The van der Waals surface area contributed by atoms with Crippen LogP contribution in [0.5, 0.6) is 0 Å². The van der Waals surface area contributed by atoms with Crippen LogP contribution in [0, 0.1) is 0 Å². The van der Waals surface area contributed by atoms with Gasteiger partial charge in [-0.25, -0.2) is 9.78 Å². The number of aromatic nitrogens is 2. The minimum Gasteiger partial charge on any atom is -0.477 e. The van der Waals surface area contributed by atoms with Gasteiger partial charge in [0.15, 0.2) is 0 Å². The fourth-order valence-corrected chi connectivity index (χ4v) is 3.88. The molecule has 1 fully saturated rings. The van der Waals surface area contributed by atoms with E-state index in [2.05, 4.69) is 9.97 Å². The van der Waals surface area contributed by atoms with E-state index in [1.807, 2.05) is 30.3 Å². The van der Waals surface area contributed by atoms with Gasteiger partial charge in [0.1, 0.15) is 16.9 Å². The summed E-state index contributed by atoms with van der Waals surface area (Å²) in [5.74, 6) is -0.526. The van der Waals surface area contributed by atoms with Gasteiger partial charge in [-0.1, -0.05) is 30.3 Å². The van der Waals surface area contributed by atoms with Crippen LogP contribution < -0.4 is 0 Å².